The van der Waals surface area contributed by atoms with Crippen molar-refractivity contribution in [1.29, 1.82) is 0 Å². The van der Waals surface area contributed by atoms with Crippen LogP contribution in [0.5, 0.6) is 0 Å². The second-order valence-electron chi connectivity index (χ2n) is 4.52. The first-order valence-corrected chi connectivity index (χ1v) is 5.88. The number of hydrogen-bond acceptors (Lipinski definition) is 2. The van der Waals surface area contributed by atoms with Crippen LogP contribution < -0.4 is 10.6 Å². The molecular weight excluding hydrogens is 227 g/mol. The van der Waals surface area contributed by atoms with Crippen LogP contribution in [0.25, 0.3) is 0 Å². The maximum absolute atomic E-state index is 13.8. The first kappa shape index (κ1) is 12.4. The third-order valence-corrected chi connectivity index (χ3v) is 2.96. The van der Waals surface area contributed by atoms with Crippen LogP contribution in [0.1, 0.15) is 11.1 Å². The fourth-order valence-corrected chi connectivity index (χ4v) is 1.93. The molecule has 0 heterocycles. The van der Waals surface area contributed by atoms with Gasteiger partial charge in [-0.25, -0.2) is 4.39 Å². The maximum Gasteiger partial charge on any atom is 0.151 e. The van der Waals surface area contributed by atoms with E-state index in [0.717, 1.165) is 5.69 Å². The van der Waals surface area contributed by atoms with E-state index in [1.807, 2.05) is 37.1 Å². The topological polar surface area (TPSA) is 29.3 Å². The molecule has 0 unspecified atom stereocenters. The van der Waals surface area contributed by atoms with Crippen LogP contribution >= 0.6 is 0 Å². The van der Waals surface area contributed by atoms with Gasteiger partial charge >= 0.3 is 0 Å². The van der Waals surface area contributed by atoms with Crippen molar-refractivity contribution in [2.45, 2.75) is 13.5 Å². The van der Waals surface area contributed by atoms with Gasteiger partial charge in [0.15, 0.2) is 5.82 Å². The van der Waals surface area contributed by atoms with Crippen molar-refractivity contribution in [2.24, 2.45) is 0 Å². The van der Waals surface area contributed by atoms with Gasteiger partial charge < -0.3 is 10.6 Å². The number of nitrogens with two attached hydrogens (primary N) is 1. The minimum atomic E-state index is -0.322. The van der Waals surface area contributed by atoms with Crippen molar-refractivity contribution in [3.05, 3.63) is 59.4 Å². The van der Waals surface area contributed by atoms with Crippen LogP contribution in [0.3, 0.4) is 0 Å². The minimum Gasteiger partial charge on any atom is -0.396 e. The van der Waals surface area contributed by atoms with Gasteiger partial charge in [0.2, 0.25) is 0 Å². The largest absolute Gasteiger partial charge is 0.396 e. The number of halogens is 1. The lowest BCUT2D eigenvalue weighted by Crippen LogP contribution is -2.17. The molecule has 0 saturated heterocycles. The molecule has 18 heavy (non-hydrogen) atoms. The molecule has 3 heteroatoms. The summed E-state index contributed by atoms with van der Waals surface area (Å²) in [6.45, 7) is 2.54. The van der Waals surface area contributed by atoms with E-state index < -0.39 is 0 Å². The predicted molar refractivity (Wildman–Crippen MR) is 74.1 cm³/mol. The minimum absolute atomic E-state index is 0.199. The Morgan fingerprint density at radius 2 is 1.89 bits per heavy atom. The first-order valence-electron chi connectivity index (χ1n) is 5.88. The second kappa shape index (κ2) is 5.08. The Morgan fingerprint density at radius 1 is 1.17 bits per heavy atom. The molecule has 0 spiro atoms. The van der Waals surface area contributed by atoms with Crippen molar-refractivity contribution in [2.75, 3.05) is 17.7 Å². The molecule has 0 saturated carbocycles. The molecule has 0 aliphatic rings. The van der Waals surface area contributed by atoms with Crippen molar-refractivity contribution in [1.82, 2.24) is 0 Å². The summed E-state index contributed by atoms with van der Waals surface area (Å²) in [5, 5.41) is 0. The number of nitrogen functional groups attached to an aromatic ring is 1. The van der Waals surface area contributed by atoms with Crippen LogP contribution in [0.4, 0.5) is 15.8 Å². The van der Waals surface area contributed by atoms with Gasteiger partial charge in [0.05, 0.1) is 5.69 Å². The molecule has 0 aliphatic heterocycles. The molecule has 0 aliphatic carbocycles. The quantitative estimate of drug-likeness (QED) is 0.839. The molecule has 0 amide bonds. The number of benzene rings is 2. The van der Waals surface area contributed by atoms with E-state index in [-0.39, 0.29) is 11.5 Å². The smallest absolute Gasteiger partial charge is 0.151 e. The summed E-state index contributed by atoms with van der Waals surface area (Å²) in [4.78, 5) is 2.00. The van der Waals surface area contributed by atoms with E-state index in [4.69, 9.17) is 5.73 Å². The summed E-state index contributed by atoms with van der Waals surface area (Å²) in [5.41, 5.74) is 8.63. The molecule has 0 atom stereocenters. The van der Waals surface area contributed by atoms with E-state index in [1.165, 1.54) is 5.56 Å². The lowest BCUT2D eigenvalue weighted by molar-refractivity contribution is 0.612. The highest BCUT2D eigenvalue weighted by molar-refractivity contribution is 5.50. The zero-order valence-corrected chi connectivity index (χ0v) is 10.7. The molecule has 94 valence electrons. The highest BCUT2D eigenvalue weighted by Gasteiger charge is 2.08. The van der Waals surface area contributed by atoms with Crippen molar-refractivity contribution in [3.8, 4) is 0 Å². The molecule has 2 N–H and O–H groups in total. The lowest BCUT2D eigenvalue weighted by atomic mass is 10.1. The van der Waals surface area contributed by atoms with Crippen LogP contribution in [0, 0.1) is 12.7 Å². The molecule has 0 radical (unpaired) electrons. The molecule has 0 aromatic heterocycles. The third kappa shape index (κ3) is 2.62. The molecule has 0 fully saturated rings. The van der Waals surface area contributed by atoms with Crippen LogP contribution in [-0.4, -0.2) is 7.05 Å². The summed E-state index contributed by atoms with van der Waals surface area (Å²) in [5.74, 6) is -0.322. The standard InChI is InChI=1S/C15H17FN2/c1-11-5-3-7-13(9-11)18(2)10-12-6-4-8-14(17)15(12)16/h3-9H,10,17H2,1-2H3. The van der Waals surface area contributed by atoms with Gasteiger partial charge in [0.1, 0.15) is 0 Å². The molecule has 2 nitrogen and oxygen atoms in total. The van der Waals surface area contributed by atoms with Gasteiger partial charge in [0.25, 0.3) is 0 Å². The zero-order chi connectivity index (χ0) is 13.1. The van der Waals surface area contributed by atoms with Crippen molar-refractivity contribution < 1.29 is 4.39 Å². The highest BCUT2D eigenvalue weighted by Crippen LogP contribution is 2.20. The number of aryl methyl sites for hydroxylation is 1. The van der Waals surface area contributed by atoms with E-state index in [2.05, 4.69) is 6.07 Å². The SMILES string of the molecule is Cc1cccc(N(C)Cc2cccc(N)c2F)c1. The van der Waals surface area contributed by atoms with E-state index >= 15 is 0 Å². The Hall–Kier alpha value is -2.03. The first-order chi connectivity index (χ1) is 8.58. The summed E-state index contributed by atoms with van der Waals surface area (Å²) in [6, 6.07) is 13.2. The Kier molecular flexibility index (Phi) is 3.51. The fourth-order valence-electron chi connectivity index (χ4n) is 1.93. The van der Waals surface area contributed by atoms with Crippen LogP contribution in [0.2, 0.25) is 0 Å². The lowest BCUT2D eigenvalue weighted by Gasteiger charge is -2.20. The molecule has 2 aromatic rings. The Bertz CT molecular complexity index is 552. The number of rotatable bonds is 3. The van der Waals surface area contributed by atoms with Gasteiger partial charge in [0, 0.05) is 24.8 Å². The van der Waals surface area contributed by atoms with Gasteiger partial charge in [-0.15, -0.1) is 0 Å². The normalized spacial score (nSPS) is 10.4. The maximum atomic E-state index is 13.8. The van der Waals surface area contributed by atoms with E-state index in [9.17, 15) is 4.39 Å². The number of anilines is 2. The Labute approximate surface area is 107 Å². The average molecular weight is 244 g/mol. The fraction of sp³-hybridized carbons (Fsp3) is 0.200. The molecule has 2 rings (SSSR count). The monoisotopic (exact) mass is 244 g/mol. The summed E-state index contributed by atoms with van der Waals surface area (Å²) in [6.07, 6.45) is 0. The highest BCUT2D eigenvalue weighted by atomic mass is 19.1. The predicted octanol–water partition coefficient (Wildman–Crippen LogP) is 3.35. The molecular formula is C15H17FN2. The van der Waals surface area contributed by atoms with Gasteiger partial charge in [-0.1, -0.05) is 24.3 Å². The van der Waals surface area contributed by atoms with Crippen molar-refractivity contribution >= 4 is 11.4 Å². The average Bonchev–Trinajstić information content (AvgIpc) is 2.35. The second-order valence-corrected chi connectivity index (χ2v) is 4.52. The Morgan fingerprint density at radius 3 is 2.61 bits per heavy atom. The summed E-state index contributed by atoms with van der Waals surface area (Å²) >= 11 is 0. The third-order valence-electron chi connectivity index (χ3n) is 2.96. The summed E-state index contributed by atoms with van der Waals surface area (Å²) in [7, 11) is 1.94. The van der Waals surface area contributed by atoms with E-state index in [1.54, 1.807) is 18.2 Å². The van der Waals surface area contributed by atoms with E-state index in [0.29, 0.717) is 12.1 Å². The van der Waals surface area contributed by atoms with Gasteiger partial charge in [-0.2, -0.15) is 0 Å². The molecule has 2 aromatic carbocycles. The van der Waals surface area contributed by atoms with Gasteiger partial charge in [-0.3, -0.25) is 0 Å². The zero-order valence-electron chi connectivity index (χ0n) is 10.7. The number of hydrogen-bond donors (Lipinski definition) is 1. The Balaban J connectivity index is 2.21. The van der Waals surface area contributed by atoms with Crippen LogP contribution in [0.15, 0.2) is 42.5 Å². The van der Waals surface area contributed by atoms with Crippen molar-refractivity contribution in [3.63, 3.8) is 0 Å². The van der Waals surface area contributed by atoms with Gasteiger partial charge in [-0.05, 0) is 30.7 Å². The number of nitrogens with zero attached hydrogens (tertiary/aromatic N) is 1. The van der Waals surface area contributed by atoms with Crippen LogP contribution in [-0.2, 0) is 6.54 Å². The summed E-state index contributed by atoms with van der Waals surface area (Å²) < 4.78 is 13.8. The molecule has 0 bridgehead atoms.